The fraction of sp³-hybridized carbons (Fsp3) is 0.800. The highest BCUT2D eigenvalue weighted by Crippen LogP contribution is 1.83. The summed E-state index contributed by atoms with van der Waals surface area (Å²) in [5, 5.41) is 3.55. The van der Waals surface area contributed by atoms with Crippen LogP contribution in [0.25, 0.3) is 0 Å². The van der Waals surface area contributed by atoms with E-state index in [1.54, 1.807) is 13.3 Å². The first-order valence-electron chi connectivity index (χ1n) is 2.34. The third-order valence-electron chi connectivity index (χ3n) is 0.464. The molecule has 0 aromatic rings. The normalized spacial score (nSPS) is 10.9. The van der Waals surface area contributed by atoms with Crippen LogP contribution in [-0.4, -0.2) is 13.3 Å². The number of hydrogen-bond acceptors (Lipinski definition) is 2. The molecule has 0 fully saturated rings. The van der Waals surface area contributed by atoms with Crippen molar-refractivity contribution in [1.82, 2.24) is 0 Å². The molecule has 0 atom stereocenters. The lowest BCUT2D eigenvalue weighted by atomic mass is 10.3. The van der Waals surface area contributed by atoms with E-state index >= 15 is 0 Å². The number of oxime groups is 1. The Balaban J connectivity index is 3.08. The third kappa shape index (κ3) is 5.47. The molecule has 0 aromatic carbocycles. The Kier molecular flexibility index (Phi) is 3.38. The van der Waals surface area contributed by atoms with Gasteiger partial charge in [-0.1, -0.05) is 19.0 Å². The van der Waals surface area contributed by atoms with Crippen LogP contribution in [0, 0.1) is 5.92 Å². The third-order valence-corrected chi connectivity index (χ3v) is 0.464. The first kappa shape index (κ1) is 6.47. The van der Waals surface area contributed by atoms with Gasteiger partial charge < -0.3 is 4.84 Å². The Morgan fingerprint density at radius 1 is 1.57 bits per heavy atom. The Morgan fingerprint density at radius 2 is 2.14 bits per heavy atom. The van der Waals surface area contributed by atoms with Crippen LogP contribution in [0.2, 0.25) is 0 Å². The molecular weight excluding hydrogens is 90.1 g/mol. The molecule has 0 saturated heterocycles. The molecule has 42 valence electrons. The van der Waals surface area contributed by atoms with Gasteiger partial charge in [-0.05, 0) is 5.92 Å². The van der Waals surface area contributed by atoms with Crippen molar-refractivity contribution in [3.63, 3.8) is 0 Å². The lowest BCUT2D eigenvalue weighted by Crippen LogP contribution is -1.86. The van der Waals surface area contributed by atoms with Crippen molar-refractivity contribution >= 4 is 6.21 Å². The second-order valence-corrected chi connectivity index (χ2v) is 1.68. The van der Waals surface area contributed by atoms with Crippen molar-refractivity contribution in [2.24, 2.45) is 11.1 Å². The molecule has 0 aromatic heterocycles. The molecule has 0 aliphatic rings. The minimum absolute atomic E-state index is 0.486. The predicted molar refractivity (Wildman–Crippen MR) is 30.3 cm³/mol. The van der Waals surface area contributed by atoms with Crippen LogP contribution in [0.3, 0.4) is 0 Å². The van der Waals surface area contributed by atoms with Crippen molar-refractivity contribution in [3.8, 4) is 0 Å². The van der Waals surface area contributed by atoms with Gasteiger partial charge in [-0.3, -0.25) is 0 Å². The zero-order valence-electron chi connectivity index (χ0n) is 5.01. The van der Waals surface area contributed by atoms with Gasteiger partial charge in [0.25, 0.3) is 0 Å². The summed E-state index contributed by atoms with van der Waals surface area (Å²) < 4.78 is 0. The summed E-state index contributed by atoms with van der Waals surface area (Å²) >= 11 is 0. The minimum Gasteiger partial charge on any atom is -0.399 e. The van der Waals surface area contributed by atoms with Crippen LogP contribution >= 0.6 is 0 Å². The van der Waals surface area contributed by atoms with E-state index in [0.29, 0.717) is 5.92 Å². The van der Waals surface area contributed by atoms with Crippen molar-refractivity contribution in [1.29, 1.82) is 0 Å². The Morgan fingerprint density at radius 3 is 2.29 bits per heavy atom. The molecule has 0 aliphatic heterocycles. The highest BCUT2D eigenvalue weighted by atomic mass is 16.6. The largest absolute Gasteiger partial charge is 0.399 e. The van der Waals surface area contributed by atoms with Crippen LogP contribution in [0.15, 0.2) is 5.16 Å². The maximum atomic E-state index is 4.42. The maximum absolute atomic E-state index is 4.42. The molecule has 0 amide bonds. The minimum atomic E-state index is 0.486. The zero-order valence-corrected chi connectivity index (χ0v) is 5.01. The van der Waals surface area contributed by atoms with Crippen LogP contribution in [-0.2, 0) is 4.84 Å². The van der Waals surface area contributed by atoms with Gasteiger partial charge in [0.15, 0.2) is 0 Å². The topological polar surface area (TPSA) is 21.6 Å². The smallest absolute Gasteiger partial charge is 0.106 e. The first-order valence-corrected chi connectivity index (χ1v) is 2.34. The Hall–Kier alpha value is -0.530. The molecule has 0 aliphatic carbocycles. The van der Waals surface area contributed by atoms with E-state index in [9.17, 15) is 0 Å². The molecular formula is C5H11NO. The van der Waals surface area contributed by atoms with Crippen LogP contribution in [0.4, 0.5) is 0 Å². The van der Waals surface area contributed by atoms with Gasteiger partial charge in [0.2, 0.25) is 0 Å². The van der Waals surface area contributed by atoms with E-state index in [4.69, 9.17) is 0 Å². The summed E-state index contributed by atoms with van der Waals surface area (Å²) in [6.45, 7) is 4.09. The second kappa shape index (κ2) is 3.65. The quantitative estimate of drug-likeness (QED) is 0.379. The lowest BCUT2D eigenvalue weighted by molar-refractivity contribution is 0.213. The van der Waals surface area contributed by atoms with Gasteiger partial charge in [-0.2, -0.15) is 0 Å². The lowest BCUT2D eigenvalue weighted by Gasteiger charge is -1.88. The predicted octanol–water partition coefficient (Wildman–Crippen LogP) is 1.27. The van der Waals surface area contributed by atoms with Gasteiger partial charge in [-0.25, -0.2) is 0 Å². The van der Waals surface area contributed by atoms with E-state index in [1.807, 2.05) is 13.8 Å². The monoisotopic (exact) mass is 101 g/mol. The molecule has 0 unspecified atom stereocenters. The summed E-state index contributed by atoms with van der Waals surface area (Å²) in [6.07, 6.45) is 1.75. The van der Waals surface area contributed by atoms with Crippen molar-refractivity contribution < 1.29 is 4.84 Å². The second-order valence-electron chi connectivity index (χ2n) is 1.68. The van der Waals surface area contributed by atoms with Crippen molar-refractivity contribution in [3.05, 3.63) is 0 Å². The molecule has 0 heterocycles. The van der Waals surface area contributed by atoms with E-state index in [1.165, 1.54) is 0 Å². The molecule has 7 heavy (non-hydrogen) atoms. The molecule has 0 saturated carbocycles. The number of hydrogen-bond donors (Lipinski definition) is 0. The van der Waals surface area contributed by atoms with Gasteiger partial charge in [-0.15, -0.1) is 0 Å². The summed E-state index contributed by atoms with van der Waals surface area (Å²) in [5.74, 6) is 0.486. The van der Waals surface area contributed by atoms with E-state index < -0.39 is 0 Å². The SMILES string of the molecule is CO/N=C\C(C)C. The summed E-state index contributed by atoms with van der Waals surface area (Å²) in [6, 6.07) is 0. The van der Waals surface area contributed by atoms with Gasteiger partial charge >= 0.3 is 0 Å². The van der Waals surface area contributed by atoms with Crippen LogP contribution in [0.1, 0.15) is 13.8 Å². The fourth-order valence-corrected chi connectivity index (χ4v) is 0.183. The van der Waals surface area contributed by atoms with Crippen molar-refractivity contribution in [2.75, 3.05) is 7.11 Å². The fourth-order valence-electron chi connectivity index (χ4n) is 0.183. The molecule has 0 N–H and O–H groups in total. The Labute approximate surface area is 44.2 Å². The van der Waals surface area contributed by atoms with E-state index in [0.717, 1.165) is 0 Å². The number of rotatable bonds is 2. The average Bonchev–Trinajstić information content (AvgIpc) is 1.61. The molecule has 2 heteroatoms. The average molecular weight is 101 g/mol. The molecule has 2 nitrogen and oxygen atoms in total. The summed E-state index contributed by atoms with van der Waals surface area (Å²) in [5.41, 5.74) is 0. The first-order chi connectivity index (χ1) is 3.27. The molecule has 0 bridgehead atoms. The van der Waals surface area contributed by atoms with Crippen LogP contribution in [0.5, 0.6) is 0 Å². The van der Waals surface area contributed by atoms with Crippen LogP contribution < -0.4 is 0 Å². The molecule has 0 rings (SSSR count). The molecule has 0 radical (unpaired) electrons. The highest BCUT2D eigenvalue weighted by molar-refractivity contribution is 5.58. The maximum Gasteiger partial charge on any atom is 0.106 e. The molecule has 0 spiro atoms. The van der Waals surface area contributed by atoms with Gasteiger partial charge in [0.1, 0.15) is 7.11 Å². The zero-order chi connectivity index (χ0) is 5.70. The number of nitrogens with zero attached hydrogens (tertiary/aromatic N) is 1. The van der Waals surface area contributed by atoms with E-state index in [-0.39, 0.29) is 0 Å². The summed E-state index contributed by atoms with van der Waals surface area (Å²) in [4.78, 5) is 4.42. The highest BCUT2D eigenvalue weighted by Gasteiger charge is 1.80. The Bertz CT molecular complexity index is 59.1. The standard InChI is InChI=1S/C5H11NO/c1-5(2)4-6-7-3/h4-5H,1-3H3/b6-4-. The van der Waals surface area contributed by atoms with Crippen molar-refractivity contribution in [2.45, 2.75) is 13.8 Å². The summed E-state index contributed by atoms with van der Waals surface area (Å²) in [7, 11) is 1.54. The van der Waals surface area contributed by atoms with E-state index in [2.05, 4.69) is 9.99 Å². The van der Waals surface area contributed by atoms with Gasteiger partial charge in [0, 0.05) is 6.21 Å². The van der Waals surface area contributed by atoms with Gasteiger partial charge in [0.05, 0.1) is 0 Å².